The summed E-state index contributed by atoms with van der Waals surface area (Å²) in [5.41, 5.74) is 6.09. The topological polar surface area (TPSA) is 139 Å². The number of aromatic nitrogens is 3. The number of methoxy groups -OCH3 is 1. The molecule has 11 nitrogen and oxygen atoms in total. The summed E-state index contributed by atoms with van der Waals surface area (Å²) in [4.78, 5) is 45.4. The zero-order chi connectivity index (χ0) is 35.2. The number of ether oxygens (including phenoxy) is 1. The van der Waals surface area contributed by atoms with E-state index in [0.717, 1.165) is 39.8 Å². The zero-order valence-corrected chi connectivity index (χ0v) is 29.2. The molecule has 2 amide bonds. The predicted octanol–water partition coefficient (Wildman–Crippen LogP) is 5.00. The van der Waals surface area contributed by atoms with Gasteiger partial charge in [0.1, 0.15) is 5.65 Å². The lowest BCUT2D eigenvalue weighted by molar-refractivity contribution is -0.120. The van der Waals surface area contributed by atoms with Crippen LogP contribution in [0.2, 0.25) is 10.0 Å². The quantitative estimate of drug-likeness (QED) is 0.125. The number of carbonyl (C=O) groups excluding carboxylic acids is 2. The van der Waals surface area contributed by atoms with E-state index in [-0.39, 0.29) is 23.4 Å². The molecule has 0 spiro atoms. The van der Waals surface area contributed by atoms with Gasteiger partial charge in [0.15, 0.2) is 0 Å². The van der Waals surface area contributed by atoms with Gasteiger partial charge in [0.05, 0.1) is 22.8 Å². The lowest BCUT2D eigenvalue weighted by atomic mass is 9.97. The average molecular weight is 715 g/mol. The fraction of sp³-hybridized carbons (Fsp3) is 0.270. The largest absolute Gasteiger partial charge is 0.481 e. The molecule has 4 N–H and O–H groups in total. The summed E-state index contributed by atoms with van der Waals surface area (Å²) in [7, 11) is 3.17. The first-order chi connectivity index (χ1) is 24.3. The van der Waals surface area contributed by atoms with Crippen molar-refractivity contribution >= 4 is 40.7 Å². The van der Waals surface area contributed by atoms with Crippen LogP contribution in [0.4, 0.5) is 0 Å². The molecule has 6 rings (SSSR count). The Kier molecular flexibility index (Phi) is 11.1. The van der Waals surface area contributed by atoms with Crippen LogP contribution in [0, 0.1) is 0 Å². The molecule has 0 saturated carbocycles. The first-order valence-corrected chi connectivity index (χ1v) is 17.1. The second kappa shape index (κ2) is 15.8. The van der Waals surface area contributed by atoms with E-state index in [0.29, 0.717) is 71.9 Å². The normalized spacial score (nSPS) is 14.2. The fourth-order valence-electron chi connectivity index (χ4n) is 5.99. The first-order valence-electron chi connectivity index (χ1n) is 16.3. The van der Waals surface area contributed by atoms with Gasteiger partial charge >= 0.3 is 0 Å². The van der Waals surface area contributed by atoms with E-state index in [1.54, 1.807) is 26.6 Å². The molecule has 1 aliphatic heterocycles. The number of benzene rings is 2. The monoisotopic (exact) mass is 713 g/mol. The minimum Gasteiger partial charge on any atom is -0.481 e. The smallest absolute Gasteiger partial charge is 0.262 e. The Bertz CT molecular complexity index is 2120. The van der Waals surface area contributed by atoms with Crippen molar-refractivity contribution in [2.75, 3.05) is 27.2 Å². The predicted molar refractivity (Wildman–Crippen MR) is 195 cm³/mol. The van der Waals surface area contributed by atoms with Crippen LogP contribution in [-0.2, 0) is 22.7 Å². The molecule has 1 aliphatic rings. The van der Waals surface area contributed by atoms with Gasteiger partial charge in [0.2, 0.25) is 17.7 Å². The summed E-state index contributed by atoms with van der Waals surface area (Å²) < 4.78 is 7.13. The molecule has 1 saturated heterocycles. The molecule has 0 bridgehead atoms. The van der Waals surface area contributed by atoms with Crippen LogP contribution in [-0.4, -0.2) is 59.5 Å². The molecule has 1 atom stereocenters. The molecular formula is C37H37Cl2N7O4. The SMILES string of the molecule is CNC(=O)CCNCc1cnc2cc(-c3cccc(-c4cccc(-c5ccc(CNC[C@H]6CCC(=O)N6)c(OC)n5)c4Cl)c3Cl)ccn2c1=O. The molecule has 5 aromatic rings. The van der Waals surface area contributed by atoms with Crippen LogP contribution >= 0.6 is 23.2 Å². The molecule has 4 heterocycles. The Morgan fingerprint density at radius 1 is 0.960 bits per heavy atom. The summed E-state index contributed by atoms with van der Waals surface area (Å²) in [5, 5.41) is 13.0. The van der Waals surface area contributed by atoms with Gasteiger partial charge in [-0.25, -0.2) is 9.97 Å². The fourth-order valence-corrected chi connectivity index (χ4v) is 6.66. The maximum Gasteiger partial charge on any atom is 0.262 e. The summed E-state index contributed by atoms with van der Waals surface area (Å²) in [6.07, 6.45) is 4.95. The number of rotatable bonds is 13. The van der Waals surface area contributed by atoms with Crippen molar-refractivity contribution in [2.45, 2.75) is 38.4 Å². The Morgan fingerprint density at radius 3 is 2.40 bits per heavy atom. The van der Waals surface area contributed by atoms with Crippen LogP contribution in [0.25, 0.3) is 39.2 Å². The van der Waals surface area contributed by atoms with Crippen LogP contribution in [0.15, 0.2) is 77.9 Å². The van der Waals surface area contributed by atoms with E-state index in [4.69, 9.17) is 32.9 Å². The van der Waals surface area contributed by atoms with Gasteiger partial charge < -0.3 is 26.0 Å². The molecule has 3 aromatic heterocycles. The third-order valence-corrected chi connectivity index (χ3v) is 9.52. The number of nitrogens with zero attached hydrogens (tertiary/aromatic N) is 3. The van der Waals surface area contributed by atoms with Gasteiger partial charge in [-0.1, -0.05) is 65.7 Å². The molecule has 0 aliphatic carbocycles. The summed E-state index contributed by atoms with van der Waals surface area (Å²) in [6, 6.07) is 19.1. The van der Waals surface area contributed by atoms with Crippen molar-refractivity contribution in [1.82, 2.24) is 35.6 Å². The van der Waals surface area contributed by atoms with E-state index in [2.05, 4.69) is 26.3 Å². The summed E-state index contributed by atoms with van der Waals surface area (Å²) >= 11 is 14.2. The number of amides is 2. The van der Waals surface area contributed by atoms with Crippen molar-refractivity contribution < 1.29 is 14.3 Å². The highest BCUT2D eigenvalue weighted by atomic mass is 35.5. The summed E-state index contributed by atoms with van der Waals surface area (Å²) in [5.74, 6) is 0.505. The van der Waals surface area contributed by atoms with Gasteiger partial charge in [-0.2, -0.15) is 0 Å². The maximum absolute atomic E-state index is 13.2. The van der Waals surface area contributed by atoms with Gasteiger partial charge in [0.25, 0.3) is 5.56 Å². The molecule has 258 valence electrons. The van der Waals surface area contributed by atoms with Crippen molar-refractivity contribution in [2.24, 2.45) is 0 Å². The lowest BCUT2D eigenvalue weighted by Gasteiger charge is -2.16. The Labute approximate surface area is 299 Å². The van der Waals surface area contributed by atoms with Crippen LogP contribution in [0.5, 0.6) is 5.88 Å². The first kappa shape index (κ1) is 35.0. The molecule has 1 fully saturated rings. The number of carbonyl (C=O) groups is 2. The third-order valence-electron chi connectivity index (χ3n) is 8.70. The van der Waals surface area contributed by atoms with Crippen molar-refractivity contribution in [3.05, 3.63) is 105 Å². The summed E-state index contributed by atoms with van der Waals surface area (Å²) in [6.45, 7) is 1.95. The Hall–Kier alpha value is -4.81. The van der Waals surface area contributed by atoms with Crippen molar-refractivity contribution in [3.8, 4) is 39.4 Å². The van der Waals surface area contributed by atoms with E-state index in [9.17, 15) is 14.4 Å². The highest BCUT2D eigenvalue weighted by Gasteiger charge is 2.21. The third kappa shape index (κ3) is 7.66. The number of fused-ring (bicyclic) bond motifs is 1. The molecule has 13 heteroatoms. The number of hydrogen-bond acceptors (Lipinski definition) is 8. The van der Waals surface area contributed by atoms with Crippen LogP contribution in [0.1, 0.15) is 30.4 Å². The average Bonchev–Trinajstić information content (AvgIpc) is 3.55. The van der Waals surface area contributed by atoms with Gasteiger partial charge in [-0.3, -0.25) is 18.8 Å². The highest BCUT2D eigenvalue weighted by Crippen LogP contribution is 2.42. The number of hydrogen-bond donors (Lipinski definition) is 4. The van der Waals surface area contributed by atoms with Crippen molar-refractivity contribution in [3.63, 3.8) is 0 Å². The van der Waals surface area contributed by atoms with Gasteiger partial charge in [-0.15, -0.1) is 0 Å². The molecule has 50 heavy (non-hydrogen) atoms. The standard InChI is InChI=1S/C37H37Cl2N7O4/c1-40-32(47)13-15-41-19-24-20-43-31-17-22(14-16-46(31)37(24)49)26-5-3-6-27(34(26)38)28-7-4-8-29(35(28)39)30-11-9-23(36(45-30)50-2)18-42-21-25-10-12-33(48)44-25/h3-9,11,14,16-17,20,25,41-42H,10,12-13,15,18-19,21H2,1-2H3,(H,40,47)(H,44,48)/t25-/m1/s1. The number of nitrogens with one attached hydrogen (secondary N) is 4. The Balaban J connectivity index is 1.23. The second-order valence-electron chi connectivity index (χ2n) is 12.0. The molecule has 0 radical (unpaired) electrons. The minimum absolute atomic E-state index is 0.0721. The van der Waals surface area contributed by atoms with E-state index in [1.165, 1.54) is 4.40 Å². The van der Waals surface area contributed by atoms with E-state index < -0.39 is 0 Å². The van der Waals surface area contributed by atoms with Crippen LogP contribution < -0.4 is 31.6 Å². The molecule has 0 unspecified atom stereocenters. The minimum atomic E-state index is -0.189. The number of halogens is 2. The van der Waals surface area contributed by atoms with Crippen LogP contribution in [0.3, 0.4) is 0 Å². The molecular weight excluding hydrogens is 677 g/mol. The number of pyridine rings is 2. The van der Waals surface area contributed by atoms with Crippen molar-refractivity contribution in [1.29, 1.82) is 0 Å². The van der Waals surface area contributed by atoms with E-state index >= 15 is 0 Å². The lowest BCUT2D eigenvalue weighted by Crippen LogP contribution is -2.35. The van der Waals surface area contributed by atoms with Gasteiger partial charge in [0, 0.05) is 97.9 Å². The zero-order valence-electron chi connectivity index (χ0n) is 27.7. The maximum atomic E-state index is 13.2. The molecule has 2 aromatic carbocycles. The van der Waals surface area contributed by atoms with Gasteiger partial charge in [-0.05, 0) is 30.2 Å². The Morgan fingerprint density at radius 2 is 1.68 bits per heavy atom. The highest BCUT2D eigenvalue weighted by molar-refractivity contribution is 6.39. The van der Waals surface area contributed by atoms with E-state index in [1.807, 2.05) is 60.7 Å². The second-order valence-corrected chi connectivity index (χ2v) is 12.7.